The number of aliphatic carboxylic acids is 1. The van der Waals surface area contributed by atoms with Crippen molar-refractivity contribution < 1.29 is 15.0 Å². The molecular weight excluding hydrogens is 218 g/mol. The molecule has 2 aliphatic carbocycles. The van der Waals surface area contributed by atoms with E-state index in [4.69, 9.17) is 5.11 Å². The standard InChI is InChI=1S/C13H23NO3/c15-9-13(6-2-1-3-7-13)8-14-11(12(16)17)10-4-5-10/h10-11,14-15H,1-9H2,(H,16,17). The highest BCUT2D eigenvalue weighted by Crippen LogP contribution is 2.37. The van der Waals surface area contributed by atoms with Crippen molar-refractivity contribution in [3.8, 4) is 0 Å². The average molecular weight is 241 g/mol. The number of nitrogens with one attached hydrogen (secondary N) is 1. The minimum Gasteiger partial charge on any atom is -0.480 e. The van der Waals surface area contributed by atoms with E-state index < -0.39 is 12.0 Å². The molecule has 4 nitrogen and oxygen atoms in total. The van der Waals surface area contributed by atoms with Crippen LogP contribution in [0.4, 0.5) is 0 Å². The monoisotopic (exact) mass is 241 g/mol. The summed E-state index contributed by atoms with van der Waals surface area (Å²) in [5.41, 5.74) is -0.0686. The fourth-order valence-corrected chi connectivity index (χ4v) is 2.90. The Balaban J connectivity index is 1.87. The average Bonchev–Trinajstić information content (AvgIpc) is 3.14. The second kappa shape index (κ2) is 5.36. The van der Waals surface area contributed by atoms with Gasteiger partial charge in [-0.05, 0) is 31.6 Å². The van der Waals surface area contributed by atoms with Gasteiger partial charge in [0, 0.05) is 18.6 Å². The van der Waals surface area contributed by atoms with Gasteiger partial charge >= 0.3 is 5.97 Å². The lowest BCUT2D eigenvalue weighted by molar-refractivity contribution is -0.140. The molecule has 0 bridgehead atoms. The van der Waals surface area contributed by atoms with Crippen LogP contribution in [0.25, 0.3) is 0 Å². The zero-order valence-corrected chi connectivity index (χ0v) is 10.3. The van der Waals surface area contributed by atoms with E-state index >= 15 is 0 Å². The number of carboxylic acid groups (broad SMARTS) is 1. The summed E-state index contributed by atoms with van der Waals surface area (Å²) in [5, 5.41) is 21.9. The van der Waals surface area contributed by atoms with E-state index in [0.717, 1.165) is 38.5 Å². The minimum absolute atomic E-state index is 0.0686. The fraction of sp³-hybridized carbons (Fsp3) is 0.923. The molecule has 3 N–H and O–H groups in total. The van der Waals surface area contributed by atoms with Gasteiger partial charge < -0.3 is 15.5 Å². The summed E-state index contributed by atoms with van der Waals surface area (Å²) in [6.07, 6.45) is 7.65. The minimum atomic E-state index is -0.739. The molecule has 0 radical (unpaired) electrons. The summed E-state index contributed by atoms with van der Waals surface area (Å²) < 4.78 is 0. The van der Waals surface area contributed by atoms with Crippen LogP contribution in [0.5, 0.6) is 0 Å². The Bertz CT molecular complexity index is 270. The van der Waals surface area contributed by atoms with Gasteiger partial charge in [0.25, 0.3) is 0 Å². The summed E-state index contributed by atoms with van der Waals surface area (Å²) in [7, 11) is 0. The van der Waals surface area contributed by atoms with E-state index in [9.17, 15) is 9.90 Å². The van der Waals surface area contributed by atoms with Gasteiger partial charge in [-0.2, -0.15) is 0 Å². The van der Waals surface area contributed by atoms with Crippen LogP contribution in [0.15, 0.2) is 0 Å². The predicted octanol–water partition coefficient (Wildman–Crippen LogP) is 1.38. The Morgan fingerprint density at radius 2 is 1.94 bits per heavy atom. The van der Waals surface area contributed by atoms with Crippen molar-refractivity contribution >= 4 is 5.97 Å². The molecule has 17 heavy (non-hydrogen) atoms. The zero-order chi connectivity index (χ0) is 12.3. The molecule has 2 fully saturated rings. The highest BCUT2D eigenvalue weighted by molar-refractivity contribution is 5.74. The maximum Gasteiger partial charge on any atom is 0.320 e. The third kappa shape index (κ3) is 3.19. The van der Waals surface area contributed by atoms with Crippen LogP contribution < -0.4 is 5.32 Å². The lowest BCUT2D eigenvalue weighted by atomic mass is 9.74. The van der Waals surface area contributed by atoms with Gasteiger partial charge in [0.1, 0.15) is 6.04 Å². The molecule has 2 rings (SSSR count). The van der Waals surface area contributed by atoms with Crippen LogP contribution >= 0.6 is 0 Å². The van der Waals surface area contributed by atoms with Crippen molar-refractivity contribution in [2.24, 2.45) is 11.3 Å². The van der Waals surface area contributed by atoms with Crippen LogP contribution in [0, 0.1) is 11.3 Å². The van der Waals surface area contributed by atoms with Crippen molar-refractivity contribution in [3.63, 3.8) is 0 Å². The van der Waals surface area contributed by atoms with E-state index in [-0.39, 0.29) is 12.0 Å². The number of aliphatic hydroxyl groups is 1. The number of carboxylic acids is 1. The number of carbonyl (C=O) groups is 1. The predicted molar refractivity (Wildman–Crippen MR) is 64.8 cm³/mol. The maximum atomic E-state index is 11.1. The highest BCUT2D eigenvalue weighted by Gasteiger charge is 2.38. The van der Waals surface area contributed by atoms with Crippen LogP contribution in [-0.2, 0) is 4.79 Å². The van der Waals surface area contributed by atoms with Crippen LogP contribution in [-0.4, -0.2) is 35.4 Å². The number of aliphatic hydroxyl groups excluding tert-OH is 1. The number of rotatable bonds is 6. The van der Waals surface area contributed by atoms with E-state index in [0.29, 0.717) is 12.5 Å². The SMILES string of the molecule is O=C(O)C(NCC1(CO)CCCCC1)C1CC1. The fourth-order valence-electron chi connectivity index (χ4n) is 2.90. The Morgan fingerprint density at radius 3 is 2.41 bits per heavy atom. The number of hydrogen-bond acceptors (Lipinski definition) is 3. The lowest BCUT2D eigenvalue weighted by Crippen LogP contribution is -2.47. The molecule has 1 atom stereocenters. The van der Waals surface area contributed by atoms with Gasteiger partial charge in [-0.25, -0.2) is 0 Å². The molecule has 0 amide bonds. The second-order valence-electron chi connectivity index (χ2n) is 5.75. The quantitative estimate of drug-likeness (QED) is 0.657. The molecule has 2 aliphatic rings. The van der Waals surface area contributed by atoms with Gasteiger partial charge in [0.15, 0.2) is 0 Å². The maximum absolute atomic E-state index is 11.1. The topological polar surface area (TPSA) is 69.6 Å². The molecule has 4 heteroatoms. The summed E-state index contributed by atoms with van der Waals surface area (Å²) in [5.74, 6) is -0.428. The molecule has 0 aromatic carbocycles. The normalized spacial score (nSPS) is 25.5. The summed E-state index contributed by atoms with van der Waals surface area (Å²) >= 11 is 0. The Hall–Kier alpha value is -0.610. The zero-order valence-electron chi connectivity index (χ0n) is 10.3. The van der Waals surface area contributed by atoms with Crippen molar-refractivity contribution in [3.05, 3.63) is 0 Å². The van der Waals surface area contributed by atoms with Gasteiger partial charge in [0.05, 0.1) is 0 Å². The molecule has 0 aromatic rings. The van der Waals surface area contributed by atoms with Crippen molar-refractivity contribution in [2.75, 3.05) is 13.2 Å². The molecule has 2 saturated carbocycles. The van der Waals surface area contributed by atoms with Crippen molar-refractivity contribution in [1.82, 2.24) is 5.32 Å². The first kappa shape index (κ1) is 12.8. The van der Waals surface area contributed by atoms with Gasteiger partial charge in [-0.1, -0.05) is 19.3 Å². The Kier molecular flexibility index (Phi) is 4.05. The first-order valence-corrected chi connectivity index (χ1v) is 6.74. The molecule has 98 valence electrons. The Labute approximate surface area is 102 Å². The Morgan fingerprint density at radius 1 is 1.29 bits per heavy atom. The summed E-state index contributed by atoms with van der Waals surface area (Å²) in [4.78, 5) is 11.1. The van der Waals surface area contributed by atoms with Gasteiger partial charge in [-0.15, -0.1) is 0 Å². The van der Waals surface area contributed by atoms with Crippen LogP contribution in [0.1, 0.15) is 44.9 Å². The molecule has 0 aliphatic heterocycles. The molecule has 0 heterocycles. The number of hydrogen-bond donors (Lipinski definition) is 3. The summed E-state index contributed by atoms with van der Waals surface area (Å²) in [6.45, 7) is 0.827. The van der Waals surface area contributed by atoms with Crippen molar-refractivity contribution in [2.45, 2.75) is 51.0 Å². The molecule has 0 spiro atoms. The van der Waals surface area contributed by atoms with Crippen LogP contribution in [0.3, 0.4) is 0 Å². The van der Waals surface area contributed by atoms with Crippen LogP contribution in [0.2, 0.25) is 0 Å². The van der Waals surface area contributed by atoms with Gasteiger partial charge in [0.2, 0.25) is 0 Å². The van der Waals surface area contributed by atoms with E-state index in [1.807, 2.05) is 0 Å². The lowest BCUT2D eigenvalue weighted by Gasteiger charge is -2.36. The second-order valence-corrected chi connectivity index (χ2v) is 5.75. The third-order valence-electron chi connectivity index (χ3n) is 4.31. The molecular formula is C13H23NO3. The molecule has 1 unspecified atom stereocenters. The van der Waals surface area contributed by atoms with E-state index in [2.05, 4.69) is 5.32 Å². The first-order chi connectivity index (χ1) is 8.17. The van der Waals surface area contributed by atoms with Crippen molar-refractivity contribution in [1.29, 1.82) is 0 Å². The first-order valence-electron chi connectivity index (χ1n) is 6.74. The highest BCUT2D eigenvalue weighted by atomic mass is 16.4. The van der Waals surface area contributed by atoms with E-state index in [1.165, 1.54) is 6.42 Å². The third-order valence-corrected chi connectivity index (χ3v) is 4.31. The molecule has 0 saturated heterocycles. The van der Waals surface area contributed by atoms with E-state index in [1.54, 1.807) is 0 Å². The molecule has 0 aromatic heterocycles. The largest absolute Gasteiger partial charge is 0.480 e. The smallest absolute Gasteiger partial charge is 0.320 e. The van der Waals surface area contributed by atoms with Gasteiger partial charge in [-0.3, -0.25) is 4.79 Å². The summed E-state index contributed by atoms with van der Waals surface area (Å²) in [6, 6.07) is -0.402.